The van der Waals surface area contributed by atoms with Gasteiger partial charge in [-0.1, -0.05) is 24.3 Å². The number of hydrogen-bond donors (Lipinski definition) is 1. The van der Waals surface area contributed by atoms with E-state index in [1.807, 2.05) is 75.5 Å². The molecule has 1 aliphatic rings. The minimum Gasteiger partial charge on any atom is -0.493 e. The lowest BCUT2D eigenvalue weighted by atomic mass is 9.86. The number of benzene rings is 3. The standard InChI is InChI=1S/C29H25NO5/c1-29(2,3)35-27(28(31)32)24-20-12-15-34-26(20)18-7-5-4-6-17(18)23(24)19-8-9-21-22-16(11-14-33-21)10-13-30-25(19)22/h4-10,12-13,15,27H,11,14H2,1-3H3,(H,31,32). The van der Waals surface area contributed by atoms with Gasteiger partial charge >= 0.3 is 5.97 Å². The van der Waals surface area contributed by atoms with E-state index in [9.17, 15) is 9.90 Å². The van der Waals surface area contributed by atoms with Crippen LogP contribution in [0.15, 0.2) is 65.4 Å². The second-order valence-electron chi connectivity index (χ2n) is 9.85. The van der Waals surface area contributed by atoms with E-state index >= 15 is 0 Å². The van der Waals surface area contributed by atoms with Gasteiger partial charge in [0.15, 0.2) is 6.10 Å². The number of rotatable bonds is 4. The van der Waals surface area contributed by atoms with Crippen molar-refractivity contribution in [2.24, 2.45) is 0 Å². The third kappa shape index (κ3) is 3.44. The second-order valence-corrected chi connectivity index (χ2v) is 9.85. The number of hydrogen-bond acceptors (Lipinski definition) is 5. The smallest absolute Gasteiger partial charge is 0.337 e. The van der Waals surface area contributed by atoms with E-state index in [2.05, 4.69) is 0 Å². The summed E-state index contributed by atoms with van der Waals surface area (Å²) >= 11 is 0. The number of furan rings is 1. The number of carboxylic acids is 1. The average molecular weight is 468 g/mol. The maximum absolute atomic E-state index is 12.7. The van der Waals surface area contributed by atoms with Crippen LogP contribution in [0.25, 0.3) is 43.8 Å². The van der Waals surface area contributed by atoms with E-state index in [4.69, 9.17) is 18.9 Å². The largest absolute Gasteiger partial charge is 0.493 e. The lowest BCUT2D eigenvalue weighted by molar-refractivity contribution is -0.160. The third-order valence-corrected chi connectivity index (χ3v) is 6.46. The SMILES string of the molecule is CC(C)(C)OC(C(=O)O)c1c(-c2ccc3c4c(ccnc24)CCO3)c2ccccc2c2occc12. The topological polar surface area (TPSA) is 81.8 Å². The Morgan fingerprint density at radius 2 is 1.86 bits per heavy atom. The van der Waals surface area contributed by atoms with Gasteiger partial charge in [-0.25, -0.2) is 4.79 Å². The van der Waals surface area contributed by atoms with Gasteiger partial charge < -0.3 is 19.0 Å². The van der Waals surface area contributed by atoms with E-state index in [1.165, 1.54) is 5.56 Å². The van der Waals surface area contributed by atoms with E-state index < -0.39 is 17.7 Å². The molecule has 1 N–H and O–H groups in total. The van der Waals surface area contributed by atoms with Crippen LogP contribution in [-0.2, 0) is 16.0 Å². The lowest BCUT2D eigenvalue weighted by Crippen LogP contribution is -2.28. The summed E-state index contributed by atoms with van der Waals surface area (Å²) in [5.41, 5.74) is 4.11. The predicted octanol–water partition coefficient (Wildman–Crippen LogP) is 6.68. The van der Waals surface area contributed by atoms with Crippen LogP contribution in [0.5, 0.6) is 5.75 Å². The van der Waals surface area contributed by atoms with E-state index in [-0.39, 0.29) is 0 Å². The molecule has 0 bridgehead atoms. The van der Waals surface area contributed by atoms with Crippen molar-refractivity contribution in [1.29, 1.82) is 0 Å². The first-order chi connectivity index (χ1) is 16.8. The fraction of sp³-hybridized carbons (Fsp3) is 0.241. The molecule has 1 atom stereocenters. The molecule has 3 aromatic carbocycles. The minimum atomic E-state index is -1.21. The molecule has 0 saturated carbocycles. The Kier molecular flexibility index (Phi) is 4.83. The zero-order chi connectivity index (χ0) is 24.3. The first-order valence-electron chi connectivity index (χ1n) is 11.7. The molecule has 1 aliphatic heterocycles. The first-order valence-corrected chi connectivity index (χ1v) is 11.7. The minimum absolute atomic E-state index is 0.564. The molecule has 0 amide bonds. The number of aromatic nitrogens is 1. The lowest BCUT2D eigenvalue weighted by Gasteiger charge is -2.28. The Hall–Kier alpha value is -3.90. The van der Waals surface area contributed by atoms with Crippen LogP contribution in [0.2, 0.25) is 0 Å². The summed E-state index contributed by atoms with van der Waals surface area (Å²) in [6.45, 7) is 6.20. The zero-order valence-corrected chi connectivity index (χ0v) is 19.8. The van der Waals surface area contributed by atoms with E-state index in [0.29, 0.717) is 23.1 Å². The first kappa shape index (κ1) is 21.6. The Morgan fingerprint density at radius 3 is 2.63 bits per heavy atom. The Morgan fingerprint density at radius 1 is 1.06 bits per heavy atom. The van der Waals surface area contributed by atoms with E-state index in [0.717, 1.165) is 45.0 Å². The van der Waals surface area contributed by atoms with Crippen molar-refractivity contribution in [1.82, 2.24) is 4.98 Å². The van der Waals surface area contributed by atoms with Crippen LogP contribution in [0.3, 0.4) is 0 Å². The molecule has 35 heavy (non-hydrogen) atoms. The fourth-order valence-corrected chi connectivity index (χ4v) is 5.16. The molecule has 0 radical (unpaired) electrons. The van der Waals surface area contributed by atoms with Crippen molar-refractivity contribution in [3.8, 4) is 16.9 Å². The highest BCUT2D eigenvalue weighted by atomic mass is 16.5. The van der Waals surface area contributed by atoms with Gasteiger partial charge in [-0.15, -0.1) is 0 Å². The number of fused-ring (bicyclic) bond motifs is 3. The van der Waals surface area contributed by atoms with Crippen LogP contribution in [-0.4, -0.2) is 28.3 Å². The van der Waals surface area contributed by atoms with Gasteiger partial charge in [0.05, 0.1) is 24.0 Å². The van der Waals surface area contributed by atoms with Crippen LogP contribution in [0, 0.1) is 0 Å². The van der Waals surface area contributed by atoms with E-state index in [1.54, 1.807) is 6.26 Å². The quantitative estimate of drug-likeness (QED) is 0.318. The van der Waals surface area contributed by atoms with Crippen molar-refractivity contribution >= 4 is 38.6 Å². The van der Waals surface area contributed by atoms with Gasteiger partial charge in [0, 0.05) is 39.9 Å². The summed E-state index contributed by atoms with van der Waals surface area (Å²) in [5, 5.41) is 13.9. The molecule has 6 heteroatoms. The highest BCUT2D eigenvalue weighted by Crippen LogP contribution is 2.47. The summed E-state index contributed by atoms with van der Waals surface area (Å²) in [7, 11) is 0. The number of ether oxygens (including phenoxy) is 2. The van der Waals surface area contributed by atoms with Crippen LogP contribution in [0.4, 0.5) is 0 Å². The molecular formula is C29H25NO5. The van der Waals surface area contributed by atoms with Gasteiger partial charge in [0.25, 0.3) is 0 Å². The van der Waals surface area contributed by atoms with Gasteiger partial charge in [-0.3, -0.25) is 4.98 Å². The molecule has 2 aromatic heterocycles. The molecule has 0 aliphatic carbocycles. The number of nitrogens with zero attached hydrogens (tertiary/aromatic N) is 1. The molecule has 6 rings (SSSR count). The number of aliphatic carboxylic acids is 1. The van der Waals surface area contributed by atoms with Crippen molar-refractivity contribution in [3.05, 3.63) is 72.1 Å². The Bertz CT molecular complexity index is 1620. The molecule has 0 fully saturated rings. The summed E-state index contributed by atoms with van der Waals surface area (Å²) in [4.78, 5) is 17.5. The monoisotopic (exact) mass is 467 g/mol. The molecule has 176 valence electrons. The number of carboxylic acid groups (broad SMARTS) is 1. The molecule has 0 spiro atoms. The average Bonchev–Trinajstić information content (AvgIpc) is 3.32. The molecule has 6 nitrogen and oxygen atoms in total. The molecule has 3 heterocycles. The van der Waals surface area contributed by atoms with Crippen LogP contribution in [0.1, 0.15) is 38.0 Å². The molecule has 5 aromatic rings. The Labute approximate surface area is 202 Å². The number of pyridine rings is 1. The van der Waals surface area contributed by atoms with Crippen molar-refractivity contribution in [3.63, 3.8) is 0 Å². The summed E-state index contributed by atoms with van der Waals surface area (Å²) in [6, 6.07) is 15.7. The molecule has 0 saturated heterocycles. The van der Waals surface area contributed by atoms with Gasteiger partial charge in [0.2, 0.25) is 0 Å². The predicted molar refractivity (Wildman–Crippen MR) is 135 cm³/mol. The summed E-state index contributed by atoms with van der Waals surface area (Å²) in [5.74, 6) is -0.257. The third-order valence-electron chi connectivity index (χ3n) is 6.46. The fourth-order valence-electron chi connectivity index (χ4n) is 5.16. The molecular weight excluding hydrogens is 442 g/mol. The summed E-state index contributed by atoms with van der Waals surface area (Å²) < 4.78 is 18.0. The van der Waals surface area contributed by atoms with Gasteiger partial charge in [-0.2, -0.15) is 0 Å². The second kappa shape index (κ2) is 7.82. The van der Waals surface area contributed by atoms with Gasteiger partial charge in [0.1, 0.15) is 11.3 Å². The highest BCUT2D eigenvalue weighted by Gasteiger charge is 2.33. The Balaban J connectivity index is 1.79. The van der Waals surface area contributed by atoms with Gasteiger partial charge in [-0.05, 0) is 61.5 Å². The number of carbonyl (C=O) groups is 1. The van der Waals surface area contributed by atoms with Crippen molar-refractivity contribution in [2.45, 2.75) is 38.9 Å². The molecule has 1 unspecified atom stereocenters. The summed E-state index contributed by atoms with van der Waals surface area (Å²) in [6.07, 6.45) is 3.00. The van der Waals surface area contributed by atoms with Crippen molar-refractivity contribution in [2.75, 3.05) is 6.61 Å². The zero-order valence-electron chi connectivity index (χ0n) is 19.8. The van der Waals surface area contributed by atoms with Crippen molar-refractivity contribution < 1.29 is 23.8 Å². The maximum Gasteiger partial charge on any atom is 0.337 e. The maximum atomic E-state index is 12.7. The van der Waals surface area contributed by atoms with Crippen LogP contribution >= 0.6 is 0 Å². The normalized spacial score (nSPS) is 14.4. The highest BCUT2D eigenvalue weighted by molar-refractivity contribution is 6.17. The van der Waals surface area contributed by atoms with Crippen LogP contribution < -0.4 is 4.74 Å².